The van der Waals surface area contributed by atoms with Crippen molar-refractivity contribution >= 4 is 33.6 Å². The number of carbonyl (C=O) groups excluding carboxylic acids is 2. The number of hydrogen-bond donors (Lipinski definition) is 1. The summed E-state index contributed by atoms with van der Waals surface area (Å²) in [6.45, 7) is 6.63. The van der Waals surface area contributed by atoms with Gasteiger partial charge in [0.25, 0.3) is 0 Å². The highest BCUT2D eigenvalue weighted by Crippen LogP contribution is 2.26. The molecule has 1 aromatic carbocycles. The molecule has 0 spiro atoms. The Balaban J connectivity index is 1.90. The van der Waals surface area contributed by atoms with Crippen LogP contribution in [0.4, 0.5) is 10.5 Å². The summed E-state index contributed by atoms with van der Waals surface area (Å²) in [4.78, 5) is 25.5. The van der Waals surface area contributed by atoms with Gasteiger partial charge in [-0.25, -0.2) is 4.79 Å². The van der Waals surface area contributed by atoms with Crippen LogP contribution in [0, 0.1) is 5.92 Å². The molecular weight excluding hydrogens is 360 g/mol. The Bertz CT molecular complexity index is 566. The van der Waals surface area contributed by atoms with Gasteiger partial charge in [-0.2, -0.15) is 0 Å². The highest BCUT2D eigenvalue weighted by atomic mass is 79.9. The van der Waals surface area contributed by atoms with Gasteiger partial charge in [-0.05, 0) is 44.4 Å². The van der Waals surface area contributed by atoms with Gasteiger partial charge < -0.3 is 15.0 Å². The summed E-state index contributed by atoms with van der Waals surface area (Å²) in [6.07, 6.45) is 0.157. The van der Waals surface area contributed by atoms with Crippen LogP contribution in [0.15, 0.2) is 24.3 Å². The van der Waals surface area contributed by atoms with Gasteiger partial charge in [-0.1, -0.05) is 28.1 Å². The first kappa shape index (κ1) is 17.8. The quantitative estimate of drug-likeness (QED) is 0.811. The highest BCUT2D eigenvalue weighted by molar-refractivity contribution is 9.09. The van der Waals surface area contributed by atoms with Crippen molar-refractivity contribution in [1.82, 2.24) is 5.32 Å². The van der Waals surface area contributed by atoms with Gasteiger partial charge >= 0.3 is 6.09 Å². The Morgan fingerprint density at radius 3 is 2.52 bits per heavy atom. The lowest BCUT2D eigenvalue weighted by Gasteiger charge is -2.20. The lowest BCUT2D eigenvalue weighted by Crippen LogP contribution is -2.32. The molecule has 1 fully saturated rings. The van der Waals surface area contributed by atoms with Crippen LogP contribution in [0.3, 0.4) is 0 Å². The molecule has 23 heavy (non-hydrogen) atoms. The molecule has 1 unspecified atom stereocenters. The fourth-order valence-corrected chi connectivity index (χ4v) is 2.85. The third kappa shape index (κ3) is 5.23. The van der Waals surface area contributed by atoms with E-state index in [1.165, 1.54) is 0 Å². The third-order valence-corrected chi connectivity index (χ3v) is 4.42. The van der Waals surface area contributed by atoms with Crippen LogP contribution < -0.4 is 10.2 Å². The van der Waals surface area contributed by atoms with Gasteiger partial charge in [0.2, 0.25) is 5.91 Å². The van der Waals surface area contributed by atoms with Gasteiger partial charge in [0.1, 0.15) is 5.60 Å². The molecule has 1 aromatic rings. The van der Waals surface area contributed by atoms with Crippen molar-refractivity contribution in [1.29, 1.82) is 0 Å². The third-order valence-electron chi connectivity index (χ3n) is 3.51. The number of ether oxygens (including phenoxy) is 1. The Labute approximate surface area is 145 Å². The smallest absolute Gasteiger partial charge is 0.407 e. The van der Waals surface area contributed by atoms with Crippen molar-refractivity contribution in [3.8, 4) is 0 Å². The normalized spacial score (nSPS) is 18.2. The molecule has 2 rings (SSSR count). The van der Waals surface area contributed by atoms with Crippen molar-refractivity contribution in [3.63, 3.8) is 0 Å². The summed E-state index contributed by atoms with van der Waals surface area (Å²) in [5.74, 6) is 0.532. The fraction of sp³-hybridized carbons (Fsp3) is 0.529. The number of nitrogens with one attached hydrogen (secondary N) is 1. The van der Waals surface area contributed by atoms with Crippen molar-refractivity contribution in [3.05, 3.63) is 29.8 Å². The molecule has 0 bridgehead atoms. The molecule has 1 saturated heterocycles. The zero-order chi connectivity index (χ0) is 17.0. The van der Waals surface area contributed by atoms with E-state index >= 15 is 0 Å². The first-order valence-corrected chi connectivity index (χ1v) is 8.83. The van der Waals surface area contributed by atoms with Crippen molar-refractivity contribution in [2.45, 2.75) is 39.3 Å². The number of halogens is 1. The van der Waals surface area contributed by atoms with Gasteiger partial charge in [-0.3, -0.25) is 4.79 Å². The SMILES string of the molecule is CC(C)(C)OC(=O)NCc1ccc(N2CC(CBr)CC2=O)cc1. The fourth-order valence-electron chi connectivity index (χ4n) is 2.42. The van der Waals surface area contributed by atoms with Crippen LogP contribution >= 0.6 is 15.9 Å². The predicted molar refractivity (Wildman–Crippen MR) is 93.8 cm³/mol. The second kappa shape index (κ2) is 7.34. The number of alkyl carbamates (subject to hydrolysis) is 1. The summed E-state index contributed by atoms with van der Waals surface area (Å²) in [5.41, 5.74) is 1.36. The summed E-state index contributed by atoms with van der Waals surface area (Å²) in [7, 11) is 0. The number of alkyl halides is 1. The van der Waals surface area contributed by atoms with Crippen LogP contribution in [0.2, 0.25) is 0 Å². The van der Waals surface area contributed by atoms with Gasteiger partial charge in [0.15, 0.2) is 0 Å². The van der Waals surface area contributed by atoms with Crippen LogP contribution in [-0.4, -0.2) is 29.5 Å². The van der Waals surface area contributed by atoms with Crippen molar-refractivity contribution in [2.24, 2.45) is 5.92 Å². The first-order valence-electron chi connectivity index (χ1n) is 7.70. The first-order chi connectivity index (χ1) is 10.8. The highest BCUT2D eigenvalue weighted by Gasteiger charge is 2.29. The van der Waals surface area contributed by atoms with Crippen LogP contribution in [0.25, 0.3) is 0 Å². The minimum absolute atomic E-state index is 0.161. The van der Waals surface area contributed by atoms with Gasteiger partial charge in [0.05, 0.1) is 0 Å². The minimum atomic E-state index is -0.504. The maximum Gasteiger partial charge on any atom is 0.407 e. The topological polar surface area (TPSA) is 58.6 Å². The van der Waals surface area contributed by atoms with E-state index in [1.54, 1.807) is 0 Å². The summed E-state index contributed by atoms with van der Waals surface area (Å²) in [6, 6.07) is 7.67. The largest absolute Gasteiger partial charge is 0.444 e. The Hall–Kier alpha value is -1.56. The number of anilines is 1. The number of amides is 2. The molecular formula is C17H23BrN2O3. The molecule has 126 valence electrons. The zero-order valence-corrected chi connectivity index (χ0v) is 15.4. The molecule has 1 heterocycles. The van der Waals surface area contributed by atoms with E-state index in [0.717, 1.165) is 23.1 Å². The maximum atomic E-state index is 12.0. The molecule has 1 N–H and O–H groups in total. The number of rotatable bonds is 4. The average molecular weight is 383 g/mol. The van der Waals surface area contributed by atoms with E-state index in [4.69, 9.17) is 4.74 Å². The van der Waals surface area contributed by atoms with E-state index in [0.29, 0.717) is 18.9 Å². The number of carbonyl (C=O) groups is 2. The molecule has 0 aliphatic carbocycles. The molecule has 0 aromatic heterocycles. The molecule has 0 radical (unpaired) electrons. The van der Waals surface area contributed by atoms with Crippen LogP contribution in [0.5, 0.6) is 0 Å². The molecule has 2 amide bonds. The molecule has 1 aliphatic heterocycles. The Morgan fingerprint density at radius 1 is 1.35 bits per heavy atom. The zero-order valence-electron chi connectivity index (χ0n) is 13.8. The van der Waals surface area contributed by atoms with E-state index in [-0.39, 0.29) is 5.91 Å². The van der Waals surface area contributed by atoms with E-state index in [1.807, 2.05) is 49.9 Å². The summed E-state index contributed by atoms with van der Waals surface area (Å²) < 4.78 is 5.20. The second-order valence-corrected chi connectivity index (χ2v) is 7.40. The predicted octanol–water partition coefficient (Wildman–Crippen LogP) is 3.46. The molecule has 1 aliphatic rings. The summed E-state index contributed by atoms with van der Waals surface area (Å²) >= 11 is 3.44. The lowest BCUT2D eigenvalue weighted by molar-refractivity contribution is -0.117. The van der Waals surface area contributed by atoms with Crippen molar-refractivity contribution < 1.29 is 14.3 Å². The second-order valence-electron chi connectivity index (χ2n) is 6.75. The van der Waals surface area contributed by atoms with Gasteiger partial charge in [0, 0.05) is 30.5 Å². The Kier molecular flexibility index (Phi) is 5.68. The monoisotopic (exact) mass is 382 g/mol. The average Bonchev–Trinajstić information content (AvgIpc) is 2.85. The molecule has 5 nitrogen and oxygen atoms in total. The summed E-state index contributed by atoms with van der Waals surface area (Å²) in [5, 5.41) is 3.56. The van der Waals surface area contributed by atoms with Gasteiger partial charge in [-0.15, -0.1) is 0 Å². The van der Waals surface area contributed by atoms with Crippen LogP contribution in [0.1, 0.15) is 32.8 Å². The van der Waals surface area contributed by atoms with E-state index < -0.39 is 11.7 Å². The lowest BCUT2D eigenvalue weighted by atomic mass is 10.1. The number of hydrogen-bond acceptors (Lipinski definition) is 3. The minimum Gasteiger partial charge on any atom is -0.444 e. The molecule has 1 atom stereocenters. The Morgan fingerprint density at radius 2 is 2.00 bits per heavy atom. The number of benzene rings is 1. The molecule has 0 saturated carbocycles. The molecule has 6 heteroatoms. The standard InChI is InChI=1S/C17H23BrN2O3/c1-17(2,3)23-16(22)19-10-12-4-6-14(7-5-12)20-11-13(9-18)8-15(20)21/h4-7,13H,8-11H2,1-3H3,(H,19,22). The maximum absolute atomic E-state index is 12.0. The van der Waals surface area contributed by atoms with Crippen molar-refractivity contribution in [2.75, 3.05) is 16.8 Å². The van der Waals surface area contributed by atoms with Crippen LogP contribution in [-0.2, 0) is 16.1 Å². The van der Waals surface area contributed by atoms with E-state index in [2.05, 4.69) is 21.2 Å². The van der Waals surface area contributed by atoms with E-state index in [9.17, 15) is 9.59 Å². The number of nitrogens with zero attached hydrogens (tertiary/aromatic N) is 1.